The summed E-state index contributed by atoms with van der Waals surface area (Å²) in [6.07, 6.45) is -0.762. The highest BCUT2D eigenvalue weighted by atomic mass is 32.1. The molecule has 0 aliphatic heterocycles. The molecule has 2 amide bonds. The van der Waals surface area contributed by atoms with Crippen LogP contribution in [0.3, 0.4) is 0 Å². The molecule has 154 valence electrons. The van der Waals surface area contributed by atoms with Gasteiger partial charge in [-0.3, -0.25) is 4.79 Å². The van der Waals surface area contributed by atoms with E-state index in [1.54, 1.807) is 24.3 Å². The molecule has 0 aliphatic carbocycles. The number of aliphatic carboxylic acids is 2. The molecule has 0 unspecified atom stereocenters. The number of amides is 2. The standard InChI is InChI=1S/C18H18N2O8S/c1-28-10-4-2-9(3-5-10)13-8-12(15(29-13)17(25)26)20-18(27)19-11(16(23)24)6-7-14(21)22/h2-5,8,11H,6-7H2,1H3,(H,21,22)(H,23,24)(H,25,26)(H2,19,20,27)/t11-/m0/s1. The van der Waals surface area contributed by atoms with Gasteiger partial charge < -0.3 is 30.7 Å². The van der Waals surface area contributed by atoms with E-state index >= 15 is 0 Å². The van der Waals surface area contributed by atoms with E-state index in [0.717, 1.165) is 11.3 Å². The third-order valence-electron chi connectivity index (χ3n) is 3.80. The summed E-state index contributed by atoms with van der Waals surface area (Å²) in [5.74, 6) is -3.23. The minimum atomic E-state index is -1.43. The average Bonchev–Trinajstić information content (AvgIpc) is 3.08. The lowest BCUT2D eigenvalue weighted by Crippen LogP contribution is -2.43. The Hall–Kier alpha value is -3.60. The van der Waals surface area contributed by atoms with Crippen LogP contribution in [0.2, 0.25) is 0 Å². The number of methoxy groups -OCH3 is 1. The smallest absolute Gasteiger partial charge is 0.348 e. The highest BCUT2D eigenvalue weighted by molar-refractivity contribution is 7.18. The fourth-order valence-electron chi connectivity index (χ4n) is 2.38. The molecule has 0 bridgehead atoms. The van der Waals surface area contributed by atoms with E-state index in [2.05, 4.69) is 10.6 Å². The van der Waals surface area contributed by atoms with Gasteiger partial charge in [-0.2, -0.15) is 0 Å². The van der Waals surface area contributed by atoms with Crippen molar-refractivity contribution in [2.24, 2.45) is 0 Å². The molecule has 5 N–H and O–H groups in total. The summed E-state index contributed by atoms with van der Waals surface area (Å²) in [4.78, 5) is 45.9. The van der Waals surface area contributed by atoms with Crippen LogP contribution in [-0.4, -0.2) is 52.4 Å². The molecule has 0 fully saturated rings. The second-order valence-electron chi connectivity index (χ2n) is 5.81. The molecule has 0 saturated heterocycles. The second-order valence-corrected chi connectivity index (χ2v) is 6.86. The molecule has 1 heterocycles. The number of carboxylic acid groups (broad SMARTS) is 3. The average molecular weight is 422 g/mol. The van der Waals surface area contributed by atoms with Crippen LogP contribution >= 0.6 is 11.3 Å². The highest BCUT2D eigenvalue weighted by Crippen LogP contribution is 2.35. The van der Waals surface area contributed by atoms with Crippen LogP contribution in [0, 0.1) is 0 Å². The zero-order valence-electron chi connectivity index (χ0n) is 15.2. The molecule has 1 aromatic carbocycles. The number of hydrogen-bond donors (Lipinski definition) is 5. The van der Waals surface area contributed by atoms with Crippen LogP contribution in [0.4, 0.5) is 10.5 Å². The van der Waals surface area contributed by atoms with E-state index in [1.165, 1.54) is 13.2 Å². The van der Waals surface area contributed by atoms with Crippen molar-refractivity contribution >= 4 is 41.0 Å². The number of carboxylic acids is 3. The highest BCUT2D eigenvalue weighted by Gasteiger charge is 2.23. The molecule has 0 aliphatic rings. The van der Waals surface area contributed by atoms with Gasteiger partial charge in [0.1, 0.15) is 16.7 Å². The minimum absolute atomic E-state index is 0.00630. The molecule has 1 aromatic heterocycles. The molecule has 0 spiro atoms. The first-order valence-electron chi connectivity index (χ1n) is 8.25. The summed E-state index contributed by atoms with van der Waals surface area (Å²) in [6.45, 7) is 0. The maximum Gasteiger partial charge on any atom is 0.348 e. The van der Waals surface area contributed by atoms with Gasteiger partial charge in [0.15, 0.2) is 0 Å². The number of anilines is 1. The SMILES string of the molecule is COc1ccc(-c2cc(NC(=O)N[C@@H](CCC(=O)O)C(=O)O)c(C(=O)O)s2)cc1. The van der Waals surface area contributed by atoms with Crippen LogP contribution in [0.1, 0.15) is 22.5 Å². The Kier molecular flexibility index (Phi) is 7.15. The third kappa shape index (κ3) is 5.94. The monoisotopic (exact) mass is 422 g/mol. The number of rotatable bonds is 9. The maximum absolute atomic E-state index is 12.1. The van der Waals surface area contributed by atoms with Gasteiger partial charge in [-0.05, 0) is 42.3 Å². The first-order chi connectivity index (χ1) is 13.7. The lowest BCUT2D eigenvalue weighted by molar-refractivity contribution is -0.140. The number of hydrogen-bond acceptors (Lipinski definition) is 6. The normalized spacial score (nSPS) is 11.3. The minimum Gasteiger partial charge on any atom is -0.497 e. The Morgan fingerprint density at radius 2 is 1.76 bits per heavy atom. The number of aromatic carboxylic acids is 1. The Morgan fingerprint density at radius 1 is 1.10 bits per heavy atom. The number of benzene rings is 1. The van der Waals surface area contributed by atoms with Gasteiger partial charge in [0.2, 0.25) is 0 Å². The third-order valence-corrected chi connectivity index (χ3v) is 4.97. The number of ether oxygens (including phenoxy) is 1. The van der Waals surface area contributed by atoms with Gasteiger partial charge >= 0.3 is 23.9 Å². The molecular formula is C18H18N2O8S. The van der Waals surface area contributed by atoms with Crippen molar-refractivity contribution < 1.29 is 39.2 Å². The summed E-state index contributed by atoms with van der Waals surface area (Å²) < 4.78 is 5.08. The fourth-order valence-corrected chi connectivity index (χ4v) is 3.34. The molecule has 29 heavy (non-hydrogen) atoms. The topological polar surface area (TPSA) is 162 Å². The number of thiophene rings is 1. The lowest BCUT2D eigenvalue weighted by Gasteiger charge is -2.14. The van der Waals surface area contributed by atoms with Crippen LogP contribution in [-0.2, 0) is 9.59 Å². The first kappa shape index (κ1) is 21.7. The van der Waals surface area contributed by atoms with Crippen LogP contribution in [0.5, 0.6) is 5.75 Å². The van der Waals surface area contributed by atoms with Crippen molar-refractivity contribution in [1.29, 1.82) is 0 Å². The van der Waals surface area contributed by atoms with Crippen LogP contribution in [0.15, 0.2) is 30.3 Å². The van der Waals surface area contributed by atoms with E-state index in [-0.39, 0.29) is 17.0 Å². The molecule has 10 nitrogen and oxygen atoms in total. The largest absolute Gasteiger partial charge is 0.497 e. The van der Waals surface area contributed by atoms with Crippen molar-refractivity contribution in [2.75, 3.05) is 12.4 Å². The zero-order chi connectivity index (χ0) is 21.6. The molecule has 1 atom stereocenters. The van der Waals surface area contributed by atoms with Crippen molar-refractivity contribution in [3.8, 4) is 16.2 Å². The van der Waals surface area contributed by atoms with Crippen molar-refractivity contribution in [3.05, 3.63) is 35.2 Å². The quantitative estimate of drug-likeness (QED) is 0.412. The number of nitrogens with one attached hydrogen (secondary N) is 2. The van der Waals surface area contributed by atoms with Crippen LogP contribution < -0.4 is 15.4 Å². The van der Waals surface area contributed by atoms with E-state index in [4.69, 9.17) is 14.9 Å². The summed E-state index contributed by atoms with van der Waals surface area (Å²) >= 11 is 0.939. The Bertz CT molecular complexity index is 922. The van der Waals surface area contributed by atoms with E-state index in [0.29, 0.717) is 16.2 Å². The predicted octanol–water partition coefficient (Wildman–Crippen LogP) is 2.56. The van der Waals surface area contributed by atoms with E-state index in [1.807, 2.05) is 0 Å². The van der Waals surface area contributed by atoms with E-state index in [9.17, 15) is 24.3 Å². The lowest BCUT2D eigenvalue weighted by atomic mass is 10.1. The van der Waals surface area contributed by atoms with E-state index < -0.39 is 36.4 Å². The van der Waals surface area contributed by atoms with Gasteiger partial charge in [0, 0.05) is 11.3 Å². The first-order valence-corrected chi connectivity index (χ1v) is 9.06. The van der Waals surface area contributed by atoms with Gasteiger partial charge in [0.05, 0.1) is 12.8 Å². The summed E-state index contributed by atoms with van der Waals surface area (Å²) in [6, 6.07) is 5.94. The van der Waals surface area contributed by atoms with Crippen LogP contribution in [0.25, 0.3) is 10.4 Å². The summed E-state index contributed by atoms with van der Waals surface area (Å²) in [5.41, 5.74) is 0.699. The van der Waals surface area contributed by atoms with Crippen molar-refractivity contribution in [2.45, 2.75) is 18.9 Å². The number of carbonyl (C=O) groups is 4. The summed E-state index contributed by atoms with van der Waals surface area (Å²) in [7, 11) is 1.52. The Morgan fingerprint density at radius 3 is 2.28 bits per heavy atom. The molecule has 2 aromatic rings. The fraction of sp³-hybridized carbons (Fsp3) is 0.222. The van der Waals surface area contributed by atoms with Gasteiger partial charge in [-0.15, -0.1) is 11.3 Å². The number of carbonyl (C=O) groups excluding carboxylic acids is 1. The van der Waals surface area contributed by atoms with Crippen molar-refractivity contribution in [3.63, 3.8) is 0 Å². The molecule has 2 rings (SSSR count). The van der Waals surface area contributed by atoms with Gasteiger partial charge in [-0.25, -0.2) is 14.4 Å². The Balaban J connectivity index is 2.18. The molecule has 0 radical (unpaired) electrons. The molecule has 11 heteroatoms. The Labute approximate surface area is 168 Å². The number of urea groups is 1. The van der Waals surface area contributed by atoms with Crippen molar-refractivity contribution in [1.82, 2.24) is 5.32 Å². The summed E-state index contributed by atoms with van der Waals surface area (Å²) in [5, 5.41) is 31.6. The van der Waals surface area contributed by atoms with Gasteiger partial charge in [0.25, 0.3) is 0 Å². The molecule has 0 saturated carbocycles. The van der Waals surface area contributed by atoms with Gasteiger partial charge in [-0.1, -0.05) is 0 Å². The maximum atomic E-state index is 12.1. The predicted molar refractivity (Wildman–Crippen MR) is 104 cm³/mol. The second kappa shape index (κ2) is 9.55. The zero-order valence-corrected chi connectivity index (χ0v) is 16.0. The molecular weight excluding hydrogens is 404 g/mol.